The summed E-state index contributed by atoms with van der Waals surface area (Å²) in [7, 11) is 0. The van der Waals surface area contributed by atoms with Crippen LogP contribution >= 0.6 is 11.6 Å². The molecule has 1 aromatic heterocycles. The molecule has 1 fully saturated rings. The second-order valence-corrected chi connectivity index (χ2v) is 6.62. The van der Waals surface area contributed by atoms with Crippen LogP contribution in [0, 0.1) is 19.8 Å². The van der Waals surface area contributed by atoms with Crippen molar-refractivity contribution in [2.45, 2.75) is 26.8 Å². The molecule has 0 spiro atoms. The number of anilines is 1. The summed E-state index contributed by atoms with van der Waals surface area (Å²) in [6.45, 7) is 8.34. The van der Waals surface area contributed by atoms with Crippen molar-refractivity contribution in [3.05, 3.63) is 46.2 Å². The molecule has 4 nitrogen and oxygen atoms in total. The fourth-order valence-corrected chi connectivity index (χ4v) is 3.27. The van der Waals surface area contributed by atoms with E-state index in [1.807, 2.05) is 12.3 Å². The Morgan fingerprint density at radius 2 is 2.27 bits per heavy atom. The minimum absolute atomic E-state index is 0.686. The second kappa shape index (κ2) is 6.71. The summed E-state index contributed by atoms with van der Waals surface area (Å²) in [5.41, 5.74) is 4.98. The van der Waals surface area contributed by atoms with Crippen LogP contribution < -0.4 is 10.2 Å². The molecule has 0 aliphatic carbocycles. The van der Waals surface area contributed by atoms with Crippen LogP contribution in [0.25, 0.3) is 0 Å². The van der Waals surface area contributed by atoms with E-state index >= 15 is 0 Å². The lowest BCUT2D eigenvalue weighted by molar-refractivity contribution is 0.516. The molecule has 3 rings (SSSR count). The SMILES string of the molecule is Cc1ccc(Cl)cc1N1CCC(CNCc2cn[nH]c2C)C1. The summed E-state index contributed by atoms with van der Waals surface area (Å²) in [5, 5.41) is 11.4. The maximum atomic E-state index is 6.14. The highest BCUT2D eigenvalue weighted by Gasteiger charge is 2.23. The van der Waals surface area contributed by atoms with Gasteiger partial charge in [-0.3, -0.25) is 5.10 Å². The van der Waals surface area contributed by atoms with Gasteiger partial charge in [-0.05, 0) is 43.9 Å². The first kappa shape index (κ1) is 15.4. The molecular weight excluding hydrogens is 296 g/mol. The van der Waals surface area contributed by atoms with Crippen LogP contribution in [0.15, 0.2) is 24.4 Å². The van der Waals surface area contributed by atoms with Crippen molar-refractivity contribution in [3.8, 4) is 0 Å². The Balaban J connectivity index is 1.52. The lowest BCUT2D eigenvalue weighted by Crippen LogP contribution is -2.26. The van der Waals surface area contributed by atoms with Gasteiger partial charge in [-0.2, -0.15) is 5.10 Å². The van der Waals surface area contributed by atoms with Crippen LogP contribution in [0.2, 0.25) is 5.02 Å². The Labute approximate surface area is 136 Å². The molecule has 0 amide bonds. The molecule has 0 saturated carbocycles. The molecule has 1 aliphatic heterocycles. The maximum absolute atomic E-state index is 6.14. The van der Waals surface area contributed by atoms with Gasteiger partial charge in [0.1, 0.15) is 0 Å². The highest BCUT2D eigenvalue weighted by molar-refractivity contribution is 6.30. The van der Waals surface area contributed by atoms with Gasteiger partial charge in [0.2, 0.25) is 0 Å². The molecule has 1 aromatic carbocycles. The number of nitrogens with one attached hydrogen (secondary N) is 2. The van der Waals surface area contributed by atoms with E-state index in [4.69, 9.17) is 11.6 Å². The molecule has 5 heteroatoms. The van der Waals surface area contributed by atoms with E-state index in [-0.39, 0.29) is 0 Å². The van der Waals surface area contributed by atoms with Crippen molar-refractivity contribution >= 4 is 17.3 Å². The summed E-state index contributed by atoms with van der Waals surface area (Å²) in [5.74, 6) is 0.686. The van der Waals surface area contributed by atoms with Gasteiger partial charge >= 0.3 is 0 Å². The van der Waals surface area contributed by atoms with Gasteiger partial charge in [0.25, 0.3) is 0 Å². The molecule has 1 atom stereocenters. The van der Waals surface area contributed by atoms with E-state index in [2.05, 4.69) is 46.4 Å². The topological polar surface area (TPSA) is 44.0 Å². The van der Waals surface area contributed by atoms with Gasteiger partial charge in [-0.15, -0.1) is 0 Å². The number of aromatic nitrogens is 2. The molecular formula is C17H23ClN4. The highest BCUT2D eigenvalue weighted by atomic mass is 35.5. The summed E-state index contributed by atoms with van der Waals surface area (Å²) in [6, 6.07) is 6.15. The third-order valence-corrected chi connectivity index (χ3v) is 4.72. The lowest BCUT2D eigenvalue weighted by atomic mass is 10.1. The van der Waals surface area contributed by atoms with Crippen molar-refractivity contribution < 1.29 is 0 Å². The first-order valence-corrected chi connectivity index (χ1v) is 8.22. The number of hydrogen-bond donors (Lipinski definition) is 2. The van der Waals surface area contributed by atoms with E-state index in [1.165, 1.54) is 23.2 Å². The van der Waals surface area contributed by atoms with Crippen LogP contribution in [0.1, 0.15) is 23.2 Å². The second-order valence-electron chi connectivity index (χ2n) is 6.18. The normalized spacial score (nSPS) is 18.1. The van der Waals surface area contributed by atoms with Crippen molar-refractivity contribution in [1.29, 1.82) is 0 Å². The zero-order valence-corrected chi connectivity index (χ0v) is 14.0. The quantitative estimate of drug-likeness (QED) is 0.889. The average Bonchev–Trinajstić information content (AvgIpc) is 3.12. The van der Waals surface area contributed by atoms with Crippen LogP contribution in [0.4, 0.5) is 5.69 Å². The van der Waals surface area contributed by atoms with Gasteiger partial charge in [0.05, 0.1) is 6.20 Å². The Morgan fingerprint density at radius 3 is 3.05 bits per heavy atom. The van der Waals surface area contributed by atoms with E-state index in [0.29, 0.717) is 5.92 Å². The number of halogens is 1. The summed E-state index contributed by atoms with van der Waals surface area (Å²) < 4.78 is 0. The van der Waals surface area contributed by atoms with E-state index in [1.54, 1.807) is 0 Å². The number of rotatable bonds is 5. The van der Waals surface area contributed by atoms with Crippen LogP contribution in [-0.4, -0.2) is 29.8 Å². The number of hydrogen-bond acceptors (Lipinski definition) is 3. The predicted molar refractivity (Wildman–Crippen MR) is 91.5 cm³/mol. The largest absolute Gasteiger partial charge is 0.371 e. The van der Waals surface area contributed by atoms with Gasteiger partial charge < -0.3 is 10.2 Å². The Bertz CT molecular complexity index is 637. The number of aromatic amines is 1. The minimum atomic E-state index is 0.686. The molecule has 2 heterocycles. The zero-order chi connectivity index (χ0) is 15.5. The van der Waals surface area contributed by atoms with Gasteiger partial charge in [-0.25, -0.2) is 0 Å². The number of H-pyrrole nitrogens is 1. The Hall–Kier alpha value is -1.52. The summed E-state index contributed by atoms with van der Waals surface area (Å²) >= 11 is 6.14. The zero-order valence-electron chi connectivity index (χ0n) is 13.2. The Morgan fingerprint density at radius 1 is 1.41 bits per heavy atom. The minimum Gasteiger partial charge on any atom is -0.371 e. The molecule has 22 heavy (non-hydrogen) atoms. The molecule has 2 aromatic rings. The smallest absolute Gasteiger partial charge is 0.0535 e. The number of nitrogens with zero attached hydrogens (tertiary/aromatic N) is 2. The molecule has 1 aliphatic rings. The molecule has 1 saturated heterocycles. The summed E-state index contributed by atoms with van der Waals surface area (Å²) in [4.78, 5) is 2.46. The fraction of sp³-hybridized carbons (Fsp3) is 0.471. The number of aryl methyl sites for hydroxylation is 2. The highest BCUT2D eigenvalue weighted by Crippen LogP contribution is 2.29. The van der Waals surface area contributed by atoms with E-state index in [0.717, 1.165) is 36.9 Å². The molecule has 0 radical (unpaired) electrons. The number of benzene rings is 1. The molecule has 118 valence electrons. The molecule has 0 bridgehead atoms. The third-order valence-electron chi connectivity index (χ3n) is 4.48. The first-order valence-electron chi connectivity index (χ1n) is 7.84. The lowest BCUT2D eigenvalue weighted by Gasteiger charge is -2.21. The van der Waals surface area contributed by atoms with Gasteiger partial charge in [0, 0.05) is 48.1 Å². The standard InChI is InChI=1S/C17H23ClN4/c1-12-3-4-16(18)7-17(12)22-6-5-14(11-22)8-19-9-15-10-20-21-13(15)2/h3-4,7,10,14,19H,5-6,8-9,11H2,1-2H3,(H,20,21). The van der Waals surface area contributed by atoms with Crippen molar-refractivity contribution in [2.24, 2.45) is 5.92 Å². The monoisotopic (exact) mass is 318 g/mol. The van der Waals surface area contributed by atoms with Crippen LogP contribution in [-0.2, 0) is 6.54 Å². The van der Waals surface area contributed by atoms with Crippen LogP contribution in [0.5, 0.6) is 0 Å². The van der Waals surface area contributed by atoms with Crippen molar-refractivity contribution in [3.63, 3.8) is 0 Å². The molecule has 1 unspecified atom stereocenters. The van der Waals surface area contributed by atoms with Crippen molar-refractivity contribution in [2.75, 3.05) is 24.5 Å². The summed E-state index contributed by atoms with van der Waals surface area (Å²) in [6.07, 6.45) is 3.13. The van der Waals surface area contributed by atoms with Gasteiger partial charge in [-0.1, -0.05) is 17.7 Å². The average molecular weight is 319 g/mol. The van der Waals surface area contributed by atoms with E-state index in [9.17, 15) is 0 Å². The van der Waals surface area contributed by atoms with Crippen molar-refractivity contribution in [1.82, 2.24) is 15.5 Å². The Kier molecular flexibility index (Phi) is 4.69. The third kappa shape index (κ3) is 3.45. The maximum Gasteiger partial charge on any atom is 0.0535 e. The molecule has 2 N–H and O–H groups in total. The fourth-order valence-electron chi connectivity index (χ4n) is 3.11. The first-order chi connectivity index (χ1) is 10.6. The van der Waals surface area contributed by atoms with E-state index < -0.39 is 0 Å². The predicted octanol–water partition coefficient (Wildman–Crippen LogP) is 3.30. The van der Waals surface area contributed by atoms with Gasteiger partial charge in [0.15, 0.2) is 0 Å². The van der Waals surface area contributed by atoms with Crippen LogP contribution in [0.3, 0.4) is 0 Å².